The van der Waals surface area contributed by atoms with Crippen molar-refractivity contribution in [3.05, 3.63) is 0 Å². The monoisotopic (exact) mass is 280 g/mol. The second kappa shape index (κ2) is 5.35. The largest absolute Gasteiger partial charge is 0.466 e. The molecule has 0 unspecified atom stereocenters. The maximum Gasteiger partial charge on any atom is 0.308 e. The Balaban J connectivity index is 1.67. The van der Waals surface area contributed by atoms with Gasteiger partial charge in [0.15, 0.2) is 0 Å². The molecule has 2 aliphatic heterocycles. The van der Waals surface area contributed by atoms with Crippen LogP contribution in [0.4, 0.5) is 0 Å². The molecule has 3 fully saturated rings. The zero-order chi connectivity index (χ0) is 14.2. The van der Waals surface area contributed by atoms with E-state index in [2.05, 4.69) is 10.2 Å². The molecular weight excluding hydrogens is 256 g/mol. The Morgan fingerprint density at radius 1 is 1.35 bits per heavy atom. The summed E-state index contributed by atoms with van der Waals surface area (Å²) in [5.41, 5.74) is -0.175. The van der Waals surface area contributed by atoms with Crippen molar-refractivity contribution in [3.8, 4) is 0 Å². The summed E-state index contributed by atoms with van der Waals surface area (Å²) in [5, 5.41) is 3.24. The molecule has 0 aromatic carbocycles. The fourth-order valence-electron chi connectivity index (χ4n) is 4.10. The van der Waals surface area contributed by atoms with Crippen molar-refractivity contribution >= 4 is 11.9 Å². The minimum Gasteiger partial charge on any atom is -0.466 e. The summed E-state index contributed by atoms with van der Waals surface area (Å²) in [5.74, 6) is 0.141. The fourth-order valence-corrected chi connectivity index (χ4v) is 4.10. The molecule has 0 aromatic heterocycles. The first-order chi connectivity index (χ1) is 9.66. The third-order valence-corrected chi connectivity index (χ3v) is 5.14. The van der Waals surface area contributed by atoms with Gasteiger partial charge in [-0.25, -0.2) is 0 Å². The number of hydrogen-bond acceptors (Lipinski definition) is 4. The van der Waals surface area contributed by atoms with Crippen LogP contribution in [0.15, 0.2) is 0 Å². The molecule has 5 nitrogen and oxygen atoms in total. The van der Waals surface area contributed by atoms with Crippen molar-refractivity contribution in [1.29, 1.82) is 0 Å². The molecule has 1 N–H and O–H groups in total. The van der Waals surface area contributed by atoms with E-state index < -0.39 is 0 Å². The Bertz CT molecular complexity index is 402. The van der Waals surface area contributed by atoms with E-state index in [4.69, 9.17) is 4.74 Å². The van der Waals surface area contributed by atoms with Crippen LogP contribution in [0.2, 0.25) is 0 Å². The summed E-state index contributed by atoms with van der Waals surface area (Å²) in [4.78, 5) is 26.4. The first kappa shape index (κ1) is 13.9. The van der Waals surface area contributed by atoms with Gasteiger partial charge in [-0.1, -0.05) is 6.42 Å². The van der Waals surface area contributed by atoms with Gasteiger partial charge in [0.2, 0.25) is 5.91 Å². The SMILES string of the molecule is CCOC(=O)C1CCC2(CC1)NC(=O)[C@H]1CCCCN12. The van der Waals surface area contributed by atoms with E-state index in [-0.39, 0.29) is 29.5 Å². The predicted molar refractivity (Wildman–Crippen MR) is 73.8 cm³/mol. The number of carbonyl (C=O) groups excluding carboxylic acids is 2. The van der Waals surface area contributed by atoms with Gasteiger partial charge in [0.25, 0.3) is 0 Å². The van der Waals surface area contributed by atoms with Crippen molar-refractivity contribution in [2.45, 2.75) is 63.6 Å². The van der Waals surface area contributed by atoms with Gasteiger partial charge in [-0.3, -0.25) is 14.5 Å². The molecule has 0 radical (unpaired) electrons. The zero-order valence-corrected chi connectivity index (χ0v) is 12.2. The molecule has 1 atom stereocenters. The lowest BCUT2D eigenvalue weighted by Crippen LogP contribution is -2.56. The van der Waals surface area contributed by atoms with E-state index in [1.165, 1.54) is 6.42 Å². The van der Waals surface area contributed by atoms with Crippen LogP contribution in [0, 0.1) is 5.92 Å². The molecule has 112 valence electrons. The molecule has 0 bridgehead atoms. The third kappa shape index (κ3) is 2.22. The van der Waals surface area contributed by atoms with Crippen LogP contribution in [0.1, 0.15) is 51.9 Å². The average molecular weight is 280 g/mol. The summed E-state index contributed by atoms with van der Waals surface area (Å²) >= 11 is 0. The average Bonchev–Trinajstić information content (AvgIpc) is 2.74. The van der Waals surface area contributed by atoms with Crippen LogP contribution >= 0.6 is 0 Å². The van der Waals surface area contributed by atoms with Gasteiger partial charge in [0.05, 0.1) is 24.2 Å². The maximum absolute atomic E-state index is 12.2. The lowest BCUT2D eigenvalue weighted by atomic mass is 9.80. The van der Waals surface area contributed by atoms with Gasteiger partial charge in [0, 0.05) is 6.54 Å². The van der Waals surface area contributed by atoms with Gasteiger partial charge < -0.3 is 10.1 Å². The number of ether oxygens (including phenoxy) is 1. The van der Waals surface area contributed by atoms with E-state index in [0.717, 1.165) is 45.1 Å². The van der Waals surface area contributed by atoms with E-state index in [0.29, 0.717) is 6.61 Å². The van der Waals surface area contributed by atoms with Crippen molar-refractivity contribution in [3.63, 3.8) is 0 Å². The number of esters is 1. The van der Waals surface area contributed by atoms with Crippen LogP contribution in [-0.2, 0) is 14.3 Å². The second-order valence-corrected chi connectivity index (χ2v) is 6.25. The highest BCUT2D eigenvalue weighted by Gasteiger charge is 2.53. The number of amides is 1. The molecule has 1 spiro atoms. The van der Waals surface area contributed by atoms with Gasteiger partial charge in [-0.15, -0.1) is 0 Å². The zero-order valence-electron chi connectivity index (χ0n) is 12.2. The predicted octanol–water partition coefficient (Wildman–Crippen LogP) is 1.42. The number of fused-ring (bicyclic) bond motifs is 2. The molecule has 2 heterocycles. The summed E-state index contributed by atoms with van der Waals surface area (Å²) in [6.45, 7) is 3.30. The summed E-state index contributed by atoms with van der Waals surface area (Å²) < 4.78 is 5.12. The molecule has 1 aliphatic carbocycles. The molecule has 1 saturated carbocycles. The Kier molecular flexibility index (Phi) is 3.71. The second-order valence-electron chi connectivity index (χ2n) is 6.25. The van der Waals surface area contributed by atoms with Gasteiger partial charge in [-0.2, -0.15) is 0 Å². The molecule has 1 amide bonds. The van der Waals surface area contributed by atoms with E-state index in [1.807, 2.05) is 6.92 Å². The van der Waals surface area contributed by atoms with Crippen molar-refractivity contribution in [1.82, 2.24) is 10.2 Å². The highest BCUT2D eigenvalue weighted by molar-refractivity contribution is 5.85. The van der Waals surface area contributed by atoms with Gasteiger partial charge >= 0.3 is 5.97 Å². The summed E-state index contributed by atoms with van der Waals surface area (Å²) in [6.07, 6.45) is 6.70. The quantitative estimate of drug-likeness (QED) is 0.777. The van der Waals surface area contributed by atoms with E-state index in [1.54, 1.807) is 0 Å². The van der Waals surface area contributed by atoms with Crippen LogP contribution in [0.25, 0.3) is 0 Å². The fraction of sp³-hybridized carbons (Fsp3) is 0.867. The van der Waals surface area contributed by atoms with Crippen LogP contribution in [0.5, 0.6) is 0 Å². The first-order valence-electron chi connectivity index (χ1n) is 7.92. The van der Waals surface area contributed by atoms with Crippen molar-refractivity contribution < 1.29 is 14.3 Å². The Labute approximate surface area is 120 Å². The number of nitrogens with zero attached hydrogens (tertiary/aromatic N) is 1. The van der Waals surface area contributed by atoms with Crippen molar-refractivity contribution in [2.75, 3.05) is 13.2 Å². The highest BCUT2D eigenvalue weighted by Crippen LogP contribution is 2.41. The number of rotatable bonds is 2. The normalized spacial score (nSPS) is 37.5. The molecule has 5 heteroatoms. The first-order valence-corrected chi connectivity index (χ1v) is 7.92. The number of carbonyl (C=O) groups is 2. The third-order valence-electron chi connectivity index (χ3n) is 5.14. The van der Waals surface area contributed by atoms with E-state index in [9.17, 15) is 9.59 Å². The topological polar surface area (TPSA) is 58.6 Å². The highest BCUT2D eigenvalue weighted by atomic mass is 16.5. The van der Waals surface area contributed by atoms with Gasteiger partial charge in [0.1, 0.15) is 0 Å². The standard InChI is InChI=1S/C15H24N2O3/c1-2-20-14(19)11-6-8-15(9-7-11)16-13(18)12-5-3-4-10-17(12)15/h11-12H,2-10H2,1H3,(H,16,18)/t11?,12-,15?/m1/s1. The Morgan fingerprint density at radius 3 is 2.80 bits per heavy atom. The molecule has 0 aromatic rings. The number of nitrogens with one attached hydrogen (secondary N) is 1. The lowest BCUT2D eigenvalue weighted by molar-refractivity contribution is -0.150. The van der Waals surface area contributed by atoms with Crippen LogP contribution in [0.3, 0.4) is 0 Å². The maximum atomic E-state index is 12.2. The van der Waals surface area contributed by atoms with Crippen molar-refractivity contribution in [2.24, 2.45) is 5.92 Å². The summed E-state index contributed by atoms with van der Waals surface area (Å²) in [6, 6.07) is 0.0721. The Morgan fingerprint density at radius 2 is 2.10 bits per heavy atom. The van der Waals surface area contributed by atoms with Crippen LogP contribution in [-0.4, -0.2) is 41.6 Å². The molecule has 3 rings (SSSR count). The number of hydrogen-bond donors (Lipinski definition) is 1. The number of piperidine rings is 1. The molecule has 20 heavy (non-hydrogen) atoms. The van der Waals surface area contributed by atoms with Crippen LogP contribution < -0.4 is 5.32 Å². The smallest absolute Gasteiger partial charge is 0.308 e. The molecule has 2 saturated heterocycles. The van der Waals surface area contributed by atoms with E-state index >= 15 is 0 Å². The molecule has 3 aliphatic rings. The van der Waals surface area contributed by atoms with Gasteiger partial charge in [-0.05, 0) is 45.4 Å². The lowest BCUT2D eigenvalue weighted by Gasteiger charge is -2.45. The summed E-state index contributed by atoms with van der Waals surface area (Å²) in [7, 11) is 0. The molecular formula is C15H24N2O3. The minimum atomic E-state index is -0.175. The Hall–Kier alpha value is -1.10. The minimum absolute atomic E-state index is 0.0151.